The van der Waals surface area contributed by atoms with Crippen LogP contribution >= 0.6 is 34.9 Å². The van der Waals surface area contributed by atoms with E-state index in [2.05, 4.69) is 23.2 Å². The molecule has 0 amide bonds. The summed E-state index contributed by atoms with van der Waals surface area (Å²) in [6.45, 7) is 1.98. The zero-order valence-electron chi connectivity index (χ0n) is 12.5. The quantitative estimate of drug-likeness (QED) is 0.586. The van der Waals surface area contributed by atoms with Gasteiger partial charge in [0.25, 0.3) is 0 Å². The molecule has 0 spiro atoms. The van der Waals surface area contributed by atoms with Crippen molar-refractivity contribution in [3.63, 3.8) is 0 Å². The van der Waals surface area contributed by atoms with Crippen LogP contribution in [0.2, 0.25) is 0 Å². The number of benzene rings is 1. The fourth-order valence-electron chi connectivity index (χ4n) is 2.28. The van der Waals surface area contributed by atoms with E-state index in [9.17, 15) is 0 Å². The zero-order valence-corrected chi connectivity index (χ0v) is 14.9. The summed E-state index contributed by atoms with van der Waals surface area (Å²) in [4.78, 5) is 10.4. The van der Waals surface area contributed by atoms with Crippen LogP contribution < -0.4 is 0 Å². The Morgan fingerprint density at radius 1 is 1.22 bits per heavy atom. The normalized spacial score (nSPS) is 13.7. The van der Waals surface area contributed by atoms with Crippen LogP contribution in [0, 0.1) is 6.92 Å². The number of rotatable bonds is 3. The van der Waals surface area contributed by atoms with Gasteiger partial charge in [0.05, 0.1) is 16.3 Å². The van der Waals surface area contributed by atoms with Gasteiger partial charge in [-0.15, -0.1) is 11.3 Å². The average Bonchev–Trinajstić information content (AvgIpc) is 3.22. The molecule has 0 unspecified atom stereocenters. The number of hydrogen-bond donors (Lipinski definition) is 0. The van der Waals surface area contributed by atoms with Crippen LogP contribution in [0.4, 0.5) is 5.69 Å². The molecule has 0 saturated heterocycles. The third-order valence-corrected chi connectivity index (χ3v) is 6.63. The number of para-hydroxylation sites is 1. The van der Waals surface area contributed by atoms with E-state index in [-0.39, 0.29) is 0 Å². The van der Waals surface area contributed by atoms with Crippen LogP contribution in [0.1, 0.15) is 17.0 Å². The number of aromatic nitrogens is 1. The maximum absolute atomic E-state index is 5.79. The summed E-state index contributed by atoms with van der Waals surface area (Å²) >= 11 is 5.17. The van der Waals surface area contributed by atoms with E-state index in [0.29, 0.717) is 0 Å². The first-order chi connectivity index (χ1) is 11.3. The zero-order chi connectivity index (χ0) is 15.6. The molecule has 0 fully saturated rings. The first-order valence-electron chi connectivity index (χ1n) is 7.22. The Morgan fingerprint density at radius 3 is 3.00 bits per heavy atom. The van der Waals surface area contributed by atoms with Gasteiger partial charge in [-0.25, -0.2) is 9.98 Å². The van der Waals surface area contributed by atoms with Gasteiger partial charge >= 0.3 is 0 Å². The number of thiophene rings is 1. The number of thioether (sulfide) groups is 2. The summed E-state index contributed by atoms with van der Waals surface area (Å²) in [7, 11) is 0. The van der Waals surface area contributed by atoms with Crippen molar-refractivity contribution in [2.45, 2.75) is 18.4 Å². The Morgan fingerprint density at radius 2 is 2.13 bits per heavy atom. The first kappa shape index (κ1) is 15.1. The summed E-state index contributed by atoms with van der Waals surface area (Å²) in [6, 6.07) is 12.4. The van der Waals surface area contributed by atoms with Gasteiger partial charge in [0.1, 0.15) is 10.1 Å². The summed E-state index contributed by atoms with van der Waals surface area (Å²) in [5.74, 6) is 3.38. The highest BCUT2D eigenvalue weighted by Crippen LogP contribution is 2.36. The lowest BCUT2D eigenvalue weighted by atomic mass is 10.2. The SMILES string of the molecule is Cc1oc(-c2cccs2)nc1CSC1=Nc2ccccc2CS1. The predicted octanol–water partition coefficient (Wildman–Crippen LogP) is 5.88. The van der Waals surface area contributed by atoms with Crippen LogP contribution in [-0.2, 0) is 11.5 Å². The third-order valence-electron chi connectivity index (χ3n) is 3.51. The van der Waals surface area contributed by atoms with Crippen LogP contribution in [0.5, 0.6) is 0 Å². The van der Waals surface area contributed by atoms with Gasteiger partial charge in [-0.05, 0) is 30.0 Å². The molecule has 1 aliphatic rings. The highest BCUT2D eigenvalue weighted by atomic mass is 32.2. The number of hydrogen-bond acceptors (Lipinski definition) is 6. The van der Waals surface area contributed by atoms with E-state index in [4.69, 9.17) is 9.41 Å². The van der Waals surface area contributed by atoms with Crippen molar-refractivity contribution in [3.8, 4) is 10.8 Å². The largest absolute Gasteiger partial charge is 0.440 e. The Labute approximate surface area is 147 Å². The fraction of sp³-hybridized carbons (Fsp3) is 0.176. The second-order valence-corrected chi connectivity index (χ2v) is 8.22. The topological polar surface area (TPSA) is 38.4 Å². The maximum Gasteiger partial charge on any atom is 0.236 e. The molecule has 0 saturated carbocycles. The van der Waals surface area contributed by atoms with Gasteiger partial charge in [0.2, 0.25) is 5.89 Å². The summed E-state index contributed by atoms with van der Waals surface area (Å²) < 4.78 is 6.90. The second kappa shape index (κ2) is 6.55. The predicted molar refractivity (Wildman–Crippen MR) is 101 cm³/mol. The highest BCUT2D eigenvalue weighted by molar-refractivity contribution is 8.38. The van der Waals surface area contributed by atoms with Gasteiger partial charge < -0.3 is 4.42 Å². The molecule has 2 aromatic heterocycles. The average molecular weight is 359 g/mol. The van der Waals surface area contributed by atoms with E-state index < -0.39 is 0 Å². The molecule has 0 bridgehead atoms. The molecule has 3 nitrogen and oxygen atoms in total. The monoisotopic (exact) mass is 358 g/mol. The molecular weight excluding hydrogens is 344 g/mol. The van der Waals surface area contributed by atoms with Crippen LogP contribution in [0.25, 0.3) is 10.8 Å². The molecule has 4 rings (SSSR count). The second-order valence-electron chi connectivity index (χ2n) is 5.08. The smallest absolute Gasteiger partial charge is 0.236 e. The molecule has 0 atom stereocenters. The van der Waals surface area contributed by atoms with E-state index in [1.54, 1.807) is 34.9 Å². The Kier molecular flexibility index (Phi) is 4.29. The van der Waals surface area contributed by atoms with Crippen molar-refractivity contribution in [1.82, 2.24) is 4.98 Å². The number of aryl methyl sites for hydroxylation is 1. The Bertz CT molecular complexity index is 853. The fourth-order valence-corrected chi connectivity index (χ4v) is 5.00. The number of oxazole rings is 1. The van der Waals surface area contributed by atoms with Gasteiger partial charge in [-0.1, -0.05) is 47.8 Å². The molecule has 23 heavy (non-hydrogen) atoms. The molecule has 1 aromatic carbocycles. The molecule has 116 valence electrons. The van der Waals surface area contributed by atoms with Crippen molar-refractivity contribution in [1.29, 1.82) is 0 Å². The first-order valence-corrected chi connectivity index (χ1v) is 10.1. The minimum absolute atomic E-state index is 0.719. The van der Waals surface area contributed by atoms with Gasteiger partial charge in [-0.3, -0.25) is 0 Å². The van der Waals surface area contributed by atoms with E-state index >= 15 is 0 Å². The highest BCUT2D eigenvalue weighted by Gasteiger charge is 2.16. The minimum Gasteiger partial charge on any atom is -0.440 e. The molecule has 1 aliphatic heterocycles. The molecule has 0 aliphatic carbocycles. The molecule has 6 heteroatoms. The Balaban J connectivity index is 1.49. The van der Waals surface area contributed by atoms with E-state index in [0.717, 1.165) is 43.8 Å². The number of nitrogens with zero attached hydrogens (tertiary/aromatic N) is 2. The molecule has 0 radical (unpaired) electrons. The summed E-state index contributed by atoms with van der Waals surface area (Å²) in [5.41, 5.74) is 3.39. The summed E-state index contributed by atoms with van der Waals surface area (Å²) in [5, 5.41) is 2.04. The standard InChI is InChI=1S/C17H14N2OS3/c1-11-14(18-16(20-11)15-7-4-8-21-15)10-23-17-19-13-6-3-2-5-12(13)9-22-17/h2-8H,9-10H2,1H3. The summed E-state index contributed by atoms with van der Waals surface area (Å²) in [6.07, 6.45) is 0. The van der Waals surface area contributed by atoms with Crippen molar-refractivity contribution < 1.29 is 4.42 Å². The van der Waals surface area contributed by atoms with Gasteiger partial charge in [-0.2, -0.15) is 0 Å². The molecule has 0 N–H and O–H groups in total. The number of fused-ring (bicyclic) bond motifs is 1. The third kappa shape index (κ3) is 3.24. The molecular formula is C17H14N2OS3. The van der Waals surface area contributed by atoms with E-state index in [1.807, 2.05) is 30.5 Å². The molecule has 3 heterocycles. The van der Waals surface area contributed by atoms with Gasteiger partial charge in [0, 0.05) is 11.5 Å². The number of aliphatic imine (C=N–C) groups is 1. The lowest BCUT2D eigenvalue weighted by molar-refractivity contribution is 0.542. The van der Waals surface area contributed by atoms with Gasteiger partial charge in [0.15, 0.2) is 0 Å². The van der Waals surface area contributed by atoms with Crippen molar-refractivity contribution in [3.05, 3.63) is 58.8 Å². The lowest BCUT2D eigenvalue weighted by Gasteiger charge is -2.13. The van der Waals surface area contributed by atoms with Crippen LogP contribution in [-0.4, -0.2) is 9.36 Å². The Hall–Kier alpha value is -1.50. The van der Waals surface area contributed by atoms with Crippen LogP contribution in [0.3, 0.4) is 0 Å². The van der Waals surface area contributed by atoms with E-state index in [1.165, 1.54) is 5.56 Å². The maximum atomic E-state index is 5.79. The molecule has 3 aromatic rings. The minimum atomic E-state index is 0.719. The lowest BCUT2D eigenvalue weighted by Crippen LogP contribution is -1.96. The van der Waals surface area contributed by atoms with Crippen molar-refractivity contribution >= 4 is 44.9 Å². The van der Waals surface area contributed by atoms with Crippen LogP contribution in [0.15, 0.2) is 51.2 Å². The van der Waals surface area contributed by atoms with Crippen molar-refractivity contribution in [2.75, 3.05) is 0 Å². The van der Waals surface area contributed by atoms with Crippen molar-refractivity contribution in [2.24, 2.45) is 4.99 Å².